The highest BCUT2D eigenvalue weighted by molar-refractivity contribution is 7.07. The fraction of sp³-hybridized carbons (Fsp3) is 0.529. The third-order valence-electron chi connectivity index (χ3n) is 4.35. The van der Waals surface area contributed by atoms with Gasteiger partial charge < -0.3 is 9.73 Å². The van der Waals surface area contributed by atoms with Gasteiger partial charge in [-0.15, -0.1) is 0 Å². The number of aryl methyl sites for hydroxylation is 2. The molecule has 0 fully saturated rings. The molecule has 1 unspecified atom stereocenters. The van der Waals surface area contributed by atoms with Gasteiger partial charge in [-0.2, -0.15) is 0 Å². The summed E-state index contributed by atoms with van der Waals surface area (Å²) in [7, 11) is 0. The molecule has 0 bridgehead atoms. The molecule has 0 spiro atoms. The molecule has 1 aliphatic carbocycles. The summed E-state index contributed by atoms with van der Waals surface area (Å²) in [6.07, 6.45) is 1.74. The van der Waals surface area contributed by atoms with E-state index < -0.39 is 0 Å². The van der Waals surface area contributed by atoms with Crippen LogP contribution < -0.4 is 10.2 Å². The van der Waals surface area contributed by atoms with Gasteiger partial charge in [0.2, 0.25) is 5.91 Å². The number of amides is 1. The zero-order valence-electron chi connectivity index (χ0n) is 13.9. The largest absolute Gasteiger partial charge is 0.466 e. The van der Waals surface area contributed by atoms with E-state index in [1.165, 1.54) is 4.57 Å². The summed E-state index contributed by atoms with van der Waals surface area (Å²) in [5, 5.41) is 4.86. The van der Waals surface area contributed by atoms with Crippen LogP contribution in [0.1, 0.15) is 49.1 Å². The molecular weight excluding hydrogens is 312 g/mol. The smallest absolute Gasteiger partial charge is 0.307 e. The molecule has 23 heavy (non-hydrogen) atoms. The van der Waals surface area contributed by atoms with Crippen LogP contribution in [0, 0.1) is 19.3 Å². The van der Waals surface area contributed by atoms with Gasteiger partial charge in [0.1, 0.15) is 18.1 Å². The van der Waals surface area contributed by atoms with Crippen molar-refractivity contribution in [3.05, 3.63) is 43.9 Å². The maximum Gasteiger partial charge on any atom is 0.307 e. The van der Waals surface area contributed by atoms with E-state index in [4.69, 9.17) is 4.42 Å². The molecule has 2 aromatic rings. The molecule has 0 saturated carbocycles. The summed E-state index contributed by atoms with van der Waals surface area (Å²) in [6.45, 7) is 8.20. The number of rotatable bonds is 3. The summed E-state index contributed by atoms with van der Waals surface area (Å²) in [5.41, 5.74) is 1.97. The first-order valence-electron chi connectivity index (χ1n) is 7.79. The molecule has 1 aliphatic rings. The van der Waals surface area contributed by atoms with Crippen LogP contribution >= 0.6 is 11.3 Å². The number of hydrogen-bond donors (Lipinski definition) is 1. The number of furan rings is 1. The first-order valence-corrected chi connectivity index (χ1v) is 8.67. The van der Waals surface area contributed by atoms with E-state index in [1.807, 2.05) is 19.9 Å². The fourth-order valence-corrected chi connectivity index (χ4v) is 4.03. The molecule has 0 radical (unpaired) electrons. The second-order valence-electron chi connectivity index (χ2n) is 7.13. The summed E-state index contributed by atoms with van der Waals surface area (Å²) in [6, 6.07) is 1.95. The van der Waals surface area contributed by atoms with Crippen LogP contribution in [-0.4, -0.2) is 10.5 Å². The zero-order chi connectivity index (χ0) is 16.8. The Labute approximate surface area is 139 Å². The average Bonchev–Trinajstić information content (AvgIpc) is 2.94. The first-order chi connectivity index (χ1) is 10.7. The van der Waals surface area contributed by atoms with E-state index in [1.54, 1.807) is 5.38 Å². The molecular formula is C17H22N2O3S. The van der Waals surface area contributed by atoms with Crippen LogP contribution in [0.2, 0.25) is 0 Å². The lowest BCUT2D eigenvalue weighted by Gasteiger charge is -2.34. The molecule has 124 valence electrons. The van der Waals surface area contributed by atoms with Crippen LogP contribution in [0.4, 0.5) is 0 Å². The lowest BCUT2D eigenvalue weighted by atomic mass is 9.74. The fourth-order valence-electron chi connectivity index (χ4n) is 3.29. The molecule has 1 atom stereocenters. The van der Waals surface area contributed by atoms with Gasteiger partial charge in [0.25, 0.3) is 0 Å². The van der Waals surface area contributed by atoms with Crippen molar-refractivity contribution in [3.8, 4) is 0 Å². The Morgan fingerprint density at radius 1 is 1.48 bits per heavy atom. The topological polar surface area (TPSA) is 64.2 Å². The number of carbonyl (C=O) groups is 1. The summed E-state index contributed by atoms with van der Waals surface area (Å²) in [4.78, 5) is 24.1. The minimum Gasteiger partial charge on any atom is -0.466 e. The van der Waals surface area contributed by atoms with Gasteiger partial charge in [-0.05, 0) is 31.7 Å². The molecule has 0 aromatic carbocycles. The van der Waals surface area contributed by atoms with Crippen molar-refractivity contribution in [2.45, 2.75) is 53.1 Å². The third kappa shape index (κ3) is 3.27. The second kappa shape index (κ2) is 5.67. The van der Waals surface area contributed by atoms with Crippen molar-refractivity contribution >= 4 is 17.2 Å². The van der Waals surface area contributed by atoms with Gasteiger partial charge in [-0.3, -0.25) is 14.2 Å². The zero-order valence-corrected chi connectivity index (χ0v) is 14.8. The summed E-state index contributed by atoms with van der Waals surface area (Å²) in [5.74, 6) is 1.70. The van der Waals surface area contributed by atoms with Crippen molar-refractivity contribution in [1.82, 2.24) is 9.88 Å². The van der Waals surface area contributed by atoms with Gasteiger partial charge in [0.15, 0.2) is 0 Å². The minimum atomic E-state index is -0.138. The third-order valence-corrected chi connectivity index (χ3v) is 5.23. The number of nitrogens with one attached hydrogen (secondary N) is 1. The molecule has 2 aromatic heterocycles. The molecule has 1 N–H and O–H groups in total. The molecule has 0 aliphatic heterocycles. The molecule has 6 heteroatoms. The van der Waals surface area contributed by atoms with Crippen molar-refractivity contribution in [2.75, 3.05) is 0 Å². The van der Waals surface area contributed by atoms with E-state index in [-0.39, 0.29) is 28.8 Å². The minimum absolute atomic E-state index is 0.0617. The number of thiazole rings is 1. The molecule has 1 amide bonds. The highest BCUT2D eigenvalue weighted by atomic mass is 32.1. The Morgan fingerprint density at radius 3 is 2.87 bits per heavy atom. The highest BCUT2D eigenvalue weighted by Crippen LogP contribution is 2.41. The number of hydrogen-bond acceptors (Lipinski definition) is 4. The van der Waals surface area contributed by atoms with E-state index >= 15 is 0 Å². The average molecular weight is 334 g/mol. The lowest BCUT2D eigenvalue weighted by Crippen LogP contribution is -2.38. The van der Waals surface area contributed by atoms with Crippen molar-refractivity contribution in [1.29, 1.82) is 0 Å². The quantitative estimate of drug-likeness (QED) is 0.938. The number of aromatic nitrogens is 1. The van der Waals surface area contributed by atoms with Gasteiger partial charge in [0.05, 0.1) is 6.04 Å². The molecule has 5 nitrogen and oxygen atoms in total. The maximum atomic E-state index is 12.4. The van der Waals surface area contributed by atoms with Gasteiger partial charge in [0, 0.05) is 23.1 Å². The number of fused-ring (bicyclic) bond motifs is 1. The first kappa shape index (κ1) is 16.1. The summed E-state index contributed by atoms with van der Waals surface area (Å²) >= 11 is 1.12. The highest BCUT2D eigenvalue weighted by Gasteiger charge is 2.35. The number of carbonyl (C=O) groups excluding carboxylic acids is 1. The number of nitrogens with zero attached hydrogens (tertiary/aromatic N) is 1. The predicted molar refractivity (Wildman–Crippen MR) is 89.7 cm³/mol. The van der Waals surface area contributed by atoms with E-state index in [0.717, 1.165) is 47.0 Å². The van der Waals surface area contributed by atoms with Gasteiger partial charge in [-0.25, -0.2) is 0 Å². The Balaban J connectivity index is 1.79. The molecule has 3 rings (SSSR count). The van der Waals surface area contributed by atoms with Crippen molar-refractivity contribution < 1.29 is 9.21 Å². The van der Waals surface area contributed by atoms with Gasteiger partial charge in [-0.1, -0.05) is 25.2 Å². The normalized spacial score (nSPS) is 19.4. The van der Waals surface area contributed by atoms with Gasteiger partial charge >= 0.3 is 4.87 Å². The Hall–Kier alpha value is -1.82. The van der Waals surface area contributed by atoms with Crippen LogP contribution in [0.25, 0.3) is 0 Å². The van der Waals surface area contributed by atoms with Crippen LogP contribution in [0.3, 0.4) is 0 Å². The second-order valence-corrected chi connectivity index (χ2v) is 7.95. The Morgan fingerprint density at radius 2 is 2.22 bits per heavy atom. The predicted octanol–water partition coefficient (Wildman–Crippen LogP) is 2.95. The standard InChI is InChI=1S/C17H22N2O3S/c1-10-9-23-16(21)19(10)8-15(20)18-13-6-17(3,4)7-14-12(13)5-11(2)22-14/h5,9,13H,6-8H2,1-4H3,(H,18,20). The SMILES string of the molecule is Cc1cc2c(o1)CC(C)(C)CC2NC(=O)Cn1c(C)csc1=O. The summed E-state index contributed by atoms with van der Waals surface area (Å²) < 4.78 is 7.30. The van der Waals surface area contributed by atoms with Crippen LogP contribution in [0.5, 0.6) is 0 Å². The molecule has 2 heterocycles. The Bertz CT molecular complexity index is 797. The Kier molecular flexibility index (Phi) is 3.96. The van der Waals surface area contributed by atoms with Crippen molar-refractivity contribution in [3.63, 3.8) is 0 Å². The van der Waals surface area contributed by atoms with E-state index in [0.29, 0.717) is 0 Å². The lowest BCUT2D eigenvalue weighted by molar-refractivity contribution is -0.122. The van der Waals surface area contributed by atoms with Crippen molar-refractivity contribution in [2.24, 2.45) is 5.41 Å². The monoisotopic (exact) mass is 334 g/mol. The molecule has 0 saturated heterocycles. The van der Waals surface area contributed by atoms with E-state index in [2.05, 4.69) is 19.2 Å². The van der Waals surface area contributed by atoms with Crippen LogP contribution in [0.15, 0.2) is 20.7 Å². The van der Waals surface area contributed by atoms with E-state index in [9.17, 15) is 9.59 Å². The van der Waals surface area contributed by atoms with Crippen LogP contribution in [-0.2, 0) is 17.8 Å². The maximum absolute atomic E-state index is 12.4.